The lowest BCUT2D eigenvalue weighted by atomic mass is 9.67. The number of rotatable bonds is 1. The quantitative estimate of drug-likeness (QED) is 0.607. The summed E-state index contributed by atoms with van der Waals surface area (Å²) in [6, 6.07) is 0.513. The van der Waals surface area contributed by atoms with Crippen LogP contribution in [0.25, 0.3) is 0 Å². The first-order valence-corrected chi connectivity index (χ1v) is 6.13. The minimum atomic E-state index is 0.123. The van der Waals surface area contributed by atoms with E-state index in [0.717, 1.165) is 6.54 Å². The van der Waals surface area contributed by atoms with Gasteiger partial charge in [-0.15, -0.1) is 0 Å². The molecule has 0 bridgehead atoms. The lowest BCUT2D eigenvalue weighted by Crippen LogP contribution is -2.38. The molecule has 0 aromatic rings. The second-order valence-electron chi connectivity index (χ2n) is 5.98. The zero-order chi connectivity index (χ0) is 12.5. The Morgan fingerprint density at radius 2 is 2.00 bits per heavy atom. The molecule has 0 spiro atoms. The van der Waals surface area contributed by atoms with Gasteiger partial charge in [-0.25, -0.2) is 0 Å². The highest BCUT2D eigenvalue weighted by molar-refractivity contribution is 6.13. The maximum Gasteiger partial charge on any atom is 0.0763 e. The highest BCUT2D eigenvalue weighted by atomic mass is 15.2. The van der Waals surface area contributed by atoms with Gasteiger partial charge in [0.25, 0.3) is 0 Å². The van der Waals surface area contributed by atoms with Crippen molar-refractivity contribution in [3.8, 4) is 0 Å². The molecule has 1 unspecified atom stereocenters. The van der Waals surface area contributed by atoms with E-state index in [4.69, 9.17) is 7.85 Å². The predicted molar refractivity (Wildman–Crippen MR) is 72.6 cm³/mol. The van der Waals surface area contributed by atoms with Crippen LogP contribution in [-0.4, -0.2) is 25.3 Å². The van der Waals surface area contributed by atoms with Crippen LogP contribution in [-0.2, 0) is 0 Å². The zero-order valence-corrected chi connectivity index (χ0v) is 11.5. The zero-order valence-electron chi connectivity index (χ0n) is 11.5. The van der Waals surface area contributed by atoms with Crippen molar-refractivity contribution < 1.29 is 0 Å². The van der Waals surface area contributed by atoms with Crippen molar-refractivity contribution in [2.75, 3.05) is 6.54 Å². The Morgan fingerprint density at radius 3 is 2.44 bits per heavy atom. The fourth-order valence-corrected chi connectivity index (χ4v) is 2.10. The second-order valence-corrected chi connectivity index (χ2v) is 5.98. The van der Waals surface area contributed by atoms with E-state index >= 15 is 0 Å². The van der Waals surface area contributed by atoms with Gasteiger partial charge in [-0.1, -0.05) is 31.3 Å². The van der Waals surface area contributed by atoms with Crippen molar-refractivity contribution in [2.24, 2.45) is 5.41 Å². The molecule has 2 radical (unpaired) electrons. The lowest BCUT2D eigenvalue weighted by Gasteiger charge is -2.38. The number of allylic oxidation sites excluding steroid dienone is 3. The SMILES string of the molecule is [B]C1C=CC(=C(C)C)N(C(C)C)CC1(C)C. The molecule has 1 aliphatic rings. The summed E-state index contributed by atoms with van der Waals surface area (Å²) >= 11 is 0. The van der Waals surface area contributed by atoms with Gasteiger partial charge in [-0.05, 0) is 39.2 Å². The topological polar surface area (TPSA) is 3.24 Å². The van der Waals surface area contributed by atoms with E-state index in [1.807, 2.05) is 0 Å². The molecule has 88 valence electrons. The highest BCUT2D eigenvalue weighted by Gasteiger charge is 2.30. The number of nitrogens with zero attached hydrogens (tertiary/aromatic N) is 1. The van der Waals surface area contributed by atoms with E-state index in [2.05, 4.69) is 58.6 Å². The minimum absolute atomic E-state index is 0.123. The van der Waals surface area contributed by atoms with Gasteiger partial charge < -0.3 is 4.90 Å². The molecule has 1 atom stereocenters. The van der Waals surface area contributed by atoms with Crippen LogP contribution in [0.2, 0.25) is 5.82 Å². The fourth-order valence-electron chi connectivity index (χ4n) is 2.10. The van der Waals surface area contributed by atoms with E-state index < -0.39 is 0 Å². The fraction of sp³-hybridized carbons (Fsp3) is 0.714. The third-order valence-corrected chi connectivity index (χ3v) is 3.39. The third-order valence-electron chi connectivity index (χ3n) is 3.39. The second kappa shape index (κ2) is 4.69. The molecule has 0 aliphatic carbocycles. The Hall–Kier alpha value is -0.655. The summed E-state index contributed by atoms with van der Waals surface area (Å²) in [6.07, 6.45) is 4.33. The van der Waals surface area contributed by atoms with Gasteiger partial charge in [0.15, 0.2) is 0 Å². The normalized spacial score (nSPS) is 24.8. The van der Waals surface area contributed by atoms with Crippen molar-refractivity contribution in [1.29, 1.82) is 0 Å². The van der Waals surface area contributed by atoms with Crippen molar-refractivity contribution >= 4 is 7.85 Å². The molecule has 0 saturated heterocycles. The van der Waals surface area contributed by atoms with Gasteiger partial charge in [0.05, 0.1) is 7.85 Å². The van der Waals surface area contributed by atoms with Crippen molar-refractivity contribution in [3.05, 3.63) is 23.4 Å². The lowest BCUT2D eigenvalue weighted by molar-refractivity contribution is 0.196. The molecule has 16 heavy (non-hydrogen) atoms. The van der Waals surface area contributed by atoms with Crippen LogP contribution in [0.5, 0.6) is 0 Å². The molecular weight excluding hydrogens is 193 g/mol. The first-order chi connectivity index (χ1) is 7.25. The Bertz CT molecular complexity index is 309. The predicted octanol–water partition coefficient (Wildman–Crippen LogP) is 3.54. The van der Waals surface area contributed by atoms with Gasteiger partial charge in [0.2, 0.25) is 0 Å². The molecule has 0 fully saturated rings. The van der Waals surface area contributed by atoms with Gasteiger partial charge in [-0.3, -0.25) is 0 Å². The first-order valence-electron chi connectivity index (χ1n) is 6.13. The largest absolute Gasteiger partial charge is 0.369 e. The third kappa shape index (κ3) is 2.72. The van der Waals surface area contributed by atoms with E-state index in [1.165, 1.54) is 11.3 Å². The Morgan fingerprint density at radius 1 is 1.44 bits per heavy atom. The summed E-state index contributed by atoms with van der Waals surface area (Å²) in [6.45, 7) is 14.3. The average molecular weight is 217 g/mol. The van der Waals surface area contributed by atoms with E-state index in [9.17, 15) is 0 Å². The van der Waals surface area contributed by atoms with Gasteiger partial charge in [-0.2, -0.15) is 0 Å². The molecule has 1 heterocycles. The summed E-state index contributed by atoms with van der Waals surface area (Å²) < 4.78 is 0. The molecule has 1 nitrogen and oxygen atoms in total. The van der Waals surface area contributed by atoms with Crippen LogP contribution >= 0.6 is 0 Å². The number of hydrogen-bond acceptors (Lipinski definition) is 1. The van der Waals surface area contributed by atoms with Crippen LogP contribution in [0.15, 0.2) is 23.4 Å². The van der Waals surface area contributed by atoms with Gasteiger partial charge in [0, 0.05) is 18.3 Å². The van der Waals surface area contributed by atoms with E-state index in [1.54, 1.807) is 0 Å². The molecule has 1 rings (SSSR count). The van der Waals surface area contributed by atoms with Gasteiger partial charge in [0.1, 0.15) is 0 Å². The molecule has 0 saturated carbocycles. The monoisotopic (exact) mass is 217 g/mol. The van der Waals surface area contributed by atoms with Crippen LogP contribution in [0, 0.1) is 5.41 Å². The van der Waals surface area contributed by atoms with E-state index in [-0.39, 0.29) is 11.2 Å². The Balaban J connectivity index is 3.14. The maximum atomic E-state index is 6.20. The molecule has 2 heteroatoms. The molecule has 0 N–H and O–H groups in total. The van der Waals surface area contributed by atoms with Crippen LogP contribution in [0.3, 0.4) is 0 Å². The van der Waals surface area contributed by atoms with Crippen molar-refractivity contribution in [2.45, 2.75) is 53.4 Å². The molecule has 0 aromatic heterocycles. The summed E-state index contributed by atoms with van der Waals surface area (Å²) in [5.74, 6) is 0.130. The molecule has 0 amide bonds. The standard InChI is InChI=1S/C14H24BN/c1-10(2)12-7-8-13(15)14(5,6)9-16(12)11(3)4/h7-8,11,13H,9H2,1-6H3. The Kier molecular flexibility index (Phi) is 3.93. The highest BCUT2D eigenvalue weighted by Crippen LogP contribution is 2.37. The summed E-state index contributed by atoms with van der Waals surface area (Å²) in [4.78, 5) is 2.46. The average Bonchev–Trinajstić information content (AvgIpc) is 2.25. The summed E-state index contributed by atoms with van der Waals surface area (Å²) in [7, 11) is 6.20. The van der Waals surface area contributed by atoms with Crippen molar-refractivity contribution in [1.82, 2.24) is 4.90 Å². The molecule has 0 aromatic carbocycles. The van der Waals surface area contributed by atoms with Crippen LogP contribution in [0.1, 0.15) is 41.5 Å². The molecular formula is C14H24BN. The Labute approximate surface area is 102 Å². The van der Waals surface area contributed by atoms with E-state index in [0.29, 0.717) is 6.04 Å². The van der Waals surface area contributed by atoms with Crippen LogP contribution in [0.4, 0.5) is 0 Å². The van der Waals surface area contributed by atoms with Crippen LogP contribution < -0.4 is 0 Å². The van der Waals surface area contributed by atoms with Crippen molar-refractivity contribution in [3.63, 3.8) is 0 Å². The summed E-state index contributed by atoms with van der Waals surface area (Å²) in [5.41, 5.74) is 2.81. The molecule has 1 aliphatic heterocycles. The first kappa shape index (κ1) is 13.4. The smallest absolute Gasteiger partial charge is 0.0763 e. The minimum Gasteiger partial charge on any atom is -0.369 e. The number of hydrogen-bond donors (Lipinski definition) is 0. The maximum absolute atomic E-state index is 6.20. The summed E-state index contributed by atoms with van der Waals surface area (Å²) in [5, 5.41) is 0. The van der Waals surface area contributed by atoms with Gasteiger partial charge >= 0.3 is 0 Å².